The first-order chi connectivity index (χ1) is 6.91. The molecule has 0 aromatic carbocycles. The van der Waals surface area contributed by atoms with Crippen LogP contribution in [0.25, 0.3) is 0 Å². The maximum atomic E-state index is 11.1. The van der Waals surface area contributed by atoms with Gasteiger partial charge in [0.05, 0.1) is 6.61 Å². The molecule has 15 heavy (non-hydrogen) atoms. The Morgan fingerprint density at radius 2 is 2.07 bits per heavy atom. The second kappa shape index (κ2) is 6.99. The van der Waals surface area contributed by atoms with Crippen molar-refractivity contribution in [1.29, 1.82) is 0 Å². The van der Waals surface area contributed by atoms with Crippen LogP contribution in [0.1, 0.15) is 47.0 Å². The van der Waals surface area contributed by atoms with Gasteiger partial charge in [-0.2, -0.15) is 12.6 Å². The Morgan fingerprint density at radius 3 is 2.53 bits per heavy atom. The predicted octanol–water partition coefficient (Wildman–Crippen LogP) is 3.43. The Hall–Kier alpha value is -0.380. The van der Waals surface area contributed by atoms with Gasteiger partial charge in [0.25, 0.3) is 0 Å². The lowest BCUT2D eigenvalue weighted by atomic mass is 10.1. The van der Waals surface area contributed by atoms with E-state index >= 15 is 0 Å². The molecule has 0 fully saturated rings. The molecule has 0 aliphatic rings. The molecule has 0 aromatic heterocycles. The summed E-state index contributed by atoms with van der Waals surface area (Å²) in [6.45, 7) is 8.25. The average Bonchev–Trinajstić information content (AvgIpc) is 2.17. The third-order valence-electron chi connectivity index (χ3n) is 2.49. The minimum atomic E-state index is -0.579. The van der Waals surface area contributed by atoms with Crippen LogP contribution in [0, 0.1) is 0 Å². The third kappa shape index (κ3) is 7.54. The SMILES string of the molecule is CCC(C)OC(=O)OCCC(C)(S)CC. The maximum Gasteiger partial charge on any atom is 0.508 e. The van der Waals surface area contributed by atoms with Crippen molar-refractivity contribution in [2.45, 2.75) is 57.8 Å². The van der Waals surface area contributed by atoms with Crippen LogP contribution < -0.4 is 0 Å². The highest BCUT2D eigenvalue weighted by Gasteiger charge is 2.17. The number of ether oxygens (including phenoxy) is 2. The van der Waals surface area contributed by atoms with Crippen molar-refractivity contribution < 1.29 is 14.3 Å². The quantitative estimate of drug-likeness (QED) is 0.565. The monoisotopic (exact) mass is 234 g/mol. The summed E-state index contributed by atoms with van der Waals surface area (Å²) in [7, 11) is 0. The minimum absolute atomic E-state index is 0.0728. The van der Waals surface area contributed by atoms with Gasteiger partial charge in [-0.1, -0.05) is 20.8 Å². The molecule has 0 N–H and O–H groups in total. The van der Waals surface area contributed by atoms with Crippen molar-refractivity contribution in [2.24, 2.45) is 0 Å². The van der Waals surface area contributed by atoms with Gasteiger partial charge < -0.3 is 9.47 Å². The molecule has 2 atom stereocenters. The molecule has 0 aliphatic carbocycles. The summed E-state index contributed by atoms with van der Waals surface area (Å²) >= 11 is 4.45. The van der Waals surface area contributed by atoms with Crippen molar-refractivity contribution in [3.63, 3.8) is 0 Å². The van der Waals surface area contributed by atoms with Gasteiger partial charge in [0.15, 0.2) is 0 Å². The van der Waals surface area contributed by atoms with E-state index in [1.807, 2.05) is 20.8 Å². The molecule has 0 saturated heterocycles. The number of rotatable bonds is 6. The second-order valence-corrected chi connectivity index (χ2v) is 5.12. The van der Waals surface area contributed by atoms with Gasteiger partial charge in [0.1, 0.15) is 6.10 Å². The lowest BCUT2D eigenvalue weighted by Crippen LogP contribution is -2.21. The zero-order valence-corrected chi connectivity index (χ0v) is 11.0. The molecule has 3 nitrogen and oxygen atoms in total. The van der Waals surface area contributed by atoms with E-state index in [-0.39, 0.29) is 10.9 Å². The minimum Gasteiger partial charge on any atom is -0.434 e. The first kappa shape index (κ1) is 14.6. The Balaban J connectivity index is 3.64. The lowest BCUT2D eigenvalue weighted by molar-refractivity contribution is 0.0264. The van der Waals surface area contributed by atoms with Gasteiger partial charge in [-0.25, -0.2) is 4.79 Å². The fraction of sp³-hybridized carbons (Fsp3) is 0.909. The van der Waals surface area contributed by atoms with Gasteiger partial charge in [0.2, 0.25) is 0 Å². The fourth-order valence-corrected chi connectivity index (χ4v) is 0.904. The number of carbonyl (C=O) groups excluding carboxylic acids is 1. The van der Waals surface area contributed by atoms with Gasteiger partial charge in [-0.15, -0.1) is 0 Å². The summed E-state index contributed by atoms with van der Waals surface area (Å²) in [6, 6.07) is 0. The van der Waals surface area contributed by atoms with E-state index in [9.17, 15) is 4.79 Å². The third-order valence-corrected chi connectivity index (χ3v) is 3.03. The molecule has 2 unspecified atom stereocenters. The van der Waals surface area contributed by atoms with Gasteiger partial charge >= 0.3 is 6.16 Å². The zero-order valence-electron chi connectivity index (χ0n) is 10.1. The largest absolute Gasteiger partial charge is 0.508 e. The van der Waals surface area contributed by atoms with Crippen molar-refractivity contribution in [1.82, 2.24) is 0 Å². The summed E-state index contributed by atoms with van der Waals surface area (Å²) in [6.07, 6.45) is 1.83. The number of hydrogen-bond donors (Lipinski definition) is 1. The van der Waals surface area contributed by atoms with E-state index in [1.54, 1.807) is 0 Å². The topological polar surface area (TPSA) is 35.5 Å². The Morgan fingerprint density at radius 1 is 1.47 bits per heavy atom. The Kier molecular flexibility index (Phi) is 6.81. The molecule has 0 spiro atoms. The molecule has 0 radical (unpaired) electrons. The fourth-order valence-electron chi connectivity index (χ4n) is 0.813. The summed E-state index contributed by atoms with van der Waals surface area (Å²) in [5, 5.41) is 0. The highest BCUT2D eigenvalue weighted by molar-refractivity contribution is 7.81. The molecule has 0 rings (SSSR count). The normalized spacial score (nSPS) is 16.6. The van der Waals surface area contributed by atoms with E-state index in [1.165, 1.54) is 0 Å². The van der Waals surface area contributed by atoms with Crippen molar-refractivity contribution in [2.75, 3.05) is 6.61 Å². The van der Waals surface area contributed by atoms with Crippen LogP contribution in [-0.4, -0.2) is 23.6 Å². The van der Waals surface area contributed by atoms with E-state index < -0.39 is 6.16 Å². The van der Waals surface area contributed by atoms with Crippen molar-refractivity contribution >= 4 is 18.8 Å². The highest BCUT2D eigenvalue weighted by atomic mass is 32.1. The molecule has 4 heteroatoms. The molecule has 0 aliphatic heterocycles. The smallest absolute Gasteiger partial charge is 0.434 e. The number of hydrogen-bond acceptors (Lipinski definition) is 4. The van der Waals surface area contributed by atoms with Crippen LogP contribution in [0.3, 0.4) is 0 Å². The van der Waals surface area contributed by atoms with E-state index in [2.05, 4.69) is 19.6 Å². The molecule has 0 amide bonds. The first-order valence-corrected chi connectivity index (χ1v) is 5.91. The number of carbonyl (C=O) groups is 1. The summed E-state index contributed by atoms with van der Waals surface area (Å²) < 4.78 is 9.83. The molecule has 0 aromatic rings. The molecule has 0 heterocycles. The molecular weight excluding hydrogens is 212 g/mol. The average molecular weight is 234 g/mol. The molecule has 0 bridgehead atoms. The second-order valence-electron chi connectivity index (χ2n) is 4.04. The van der Waals surface area contributed by atoms with Crippen LogP contribution in [0.15, 0.2) is 0 Å². The van der Waals surface area contributed by atoms with Crippen molar-refractivity contribution in [3.8, 4) is 0 Å². The van der Waals surface area contributed by atoms with E-state index in [4.69, 9.17) is 9.47 Å². The van der Waals surface area contributed by atoms with Crippen LogP contribution in [-0.2, 0) is 9.47 Å². The zero-order chi connectivity index (χ0) is 11.9. The maximum absolute atomic E-state index is 11.1. The van der Waals surface area contributed by atoms with Gasteiger partial charge in [-0.05, 0) is 26.2 Å². The molecule has 90 valence electrons. The van der Waals surface area contributed by atoms with Crippen LogP contribution in [0.2, 0.25) is 0 Å². The van der Waals surface area contributed by atoms with Crippen LogP contribution >= 0.6 is 12.6 Å². The van der Waals surface area contributed by atoms with Gasteiger partial charge in [0, 0.05) is 4.75 Å². The molecule has 0 saturated carbocycles. The highest BCUT2D eigenvalue weighted by Crippen LogP contribution is 2.22. The summed E-state index contributed by atoms with van der Waals surface area (Å²) in [5.41, 5.74) is 0. The summed E-state index contributed by atoms with van der Waals surface area (Å²) in [5.74, 6) is 0. The van der Waals surface area contributed by atoms with Gasteiger partial charge in [-0.3, -0.25) is 0 Å². The Bertz CT molecular complexity index is 192. The van der Waals surface area contributed by atoms with E-state index in [0.29, 0.717) is 6.61 Å². The Labute approximate surface area is 97.9 Å². The number of thiol groups is 1. The lowest BCUT2D eigenvalue weighted by Gasteiger charge is -2.21. The van der Waals surface area contributed by atoms with Crippen LogP contribution in [0.5, 0.6) is 0 Å². The van der Waals surface area contributed by atoms with Crippen LogP contribution in [0.4, 0.5) is 4.79 Å². The predicted molar refractivity (Wildman–Crippen MR) is 64.5 cm³/mol. The van der Waals surface area contributed by atoms with E-state index in [0.717, 1.165) is 19.3 Å². The molecular formula is C11H22O3S. The standard InChI is InChI=1S/C11H22O3S/c1-5-9(3)14-10(12)13-8-7-11(4,15)6-2/h9,15H,5-8H2,1-4H3. The van der Waals surface area contributed by atoms with Crippen molar-refractivity contribution in [3.05, 3.63) is 0 Å². The first-order valence-electron chi connectivity index (χ1n) is 5.47. The summed E-state index contributed by atoms with van der Waals surface area (Å²) in [4.78, 5) is 11.1.